The van der Waals surface area contributed by atoms with Crippen LogP contribution in [0.1, 0.15) is 36.9 Å². The van der Waals surface area contributed by atoms with E-state index in [1.54, 1.807) is 20.9 Å². The van der Waals surface area contributed by atoms with Gasteiger partial charge in [-0.2, -0.15) is 0 Å². The number of anilines is 2. The minimum absolute atomic E-state index is 0.00162. The first-order valence-corrected chi connectivity index (χ1v) is 9.30. The molecule has 1 aromatic rings. The first-order chi connectivity index (χ1) is 9.80. The van der Waals surface area contributed by atoms with Crippen LogP contribution in [0, 0.1) is 0 Å². The third kappa shape index (κ3) is 3.68. The highest BCUT2D eigenvalue weighted by molar-refractivity contribution is 7.92. The molecule has 0 unspecified atom stereocenters. The van der Waals surface area contributed by atoms with E-state index in [0.29, 0.717) is 11.5 Å². The maximum absolute atomic E-state index is 12.3. The normalized spacial score (nSPS) is 11.4. The van der Waals surface area contributed by atoms with E-state index >= 15 is 0 Å². The van der Waals surface area contributed by atoms with Gasteiger partial charge in [0.15, 0.2) is 9.84 Å². The fourth-order valence-electron chi connectivity index (χ4n) is 1.90. The maximum Gasteiger partial charge on any atom is 0.350 e. The van der Waals surface area contributed by atoms with E-state index in [1.165, 1.54) is 0 Å². The quantitative estimate of drug-likeness (QED) is 0.768. The average molecular weight is 334 g/mol. The Morgan fingerprint density at radius 2 is 1.95 bits per heavy atom. The van der Waals surface area contributed by atoms with Crippen LogP contribution in [0.5, 0.6) is 0 Å². The second-order valence-electron chi connectivity index (χ2n) is 4.52. The molecule has 0 aliphatic rings. The minimum atomic E-state index is -3.51. The predicted molar refractivity (Wildman–Crippen MR) is 86.0 cm³/mol. The smallest absolute Gasteiger partial charge is 0.350 e. The summed E-state index contributed by atoms with van der Waals surface area (Å²) in [6.45, 7) is 6.13. The van der Waals surface area contributed by atoms with Crippen molar-refractivity contribution in [3.05, 3.63) is 4.88 Å². The van der Waals surface area contributed by atoms with Crippen LogP contribution in [0.15, 0.2) is 4.90 Å². The fraction of sp³-hybridized carbons (Fsp3) is 0.615. The third-order valence-electron chi connectivity index (χ3n) is 2.94. The molecule has 0 aromatic carbocycles. The molecule has 0 atom stereocenters. The molecule has 21 heavy (non-hydrogen) atoms. The number of nitrogen functional groups attached to an aromatic ring is 1. The lowest BCUT2D eigenvalue weighted by Crippen LogP contribution is -2.19. The van der Waals surface area contributed by atoms with E-state index in [9.17, 15) is 13.2 Å². The predicted octanol–water partition coefficient (Wildman–Crippen LogP) is 2.15. The maximum atomic E-state index is 12.3. The van der Waals surface area contributed by atoms with Crippen molar-refractivity contribution in [2.45, 2.75) is 32.1 Å². The number of thiophene rings is 1. The zero-order valence-electron chi connectivity index (χ0n) is 12.8. The Hall–Kier alpha value is -1.28. The topological polar surface area (TPSA) is 89.7 Å². The summed E-state index contributed by atoms with van der Waals surface area (Å²) in [5.74, 6) is -0.646. The molecule has 8 heteroatoms. The van der Waals surface area contributed by atoms with Crippen LogP contribution < -0.4 is 10.6 Å². The van der Waals surface area contributed by atoms with E-state index in [1.807, 2.05) is 11.8 Å². The summed E-state index contributed by atoms with van der Waals surface area (Å²) >= 11 is 1.07. The summed E-state index contributed by atoms with van der Waals surface area (Å²) in [7, 11) is -1.72. The number of nitrogens with two attached hydrogens (primary N) is 1. The molecule has 1 heterocycles. The highest BCUT2D eigenvalue weighted by atomic mass is 32.2. The Bertz CT molecular complexity index is 608. The fourth-order valence-corrected chi connectivity index (χ4v) is 4.61. The molecule has 0 saturated heterocycles. The molecule has 6 nitrogen and oxygen atoms in total. The number of rotatable bonds is 7. The average Bonchev–Trinajstić information content (AvgIpc) is 2.78. The lowest BCUT2D eigenvalue weighted by Gasteiger charge is -2.18. The summed E-state index contributed by atoms with van der Waals surface area (Å²) in [4.78, 5) is 13.9. The number of hydrogen-bond donors (Lipinski definition) is 1. The van der Waals surface area contributed by atoms with Crippen LogP contribution >= 0.6 is 11.3 Å². The van der Waals surface area contributed by atoms with Gasteiger partial charge in [-0.3, -0.25) is 0 Å². The van der Waals surface area contributed by atoms with Gasteiger partial charge < -0.3 is 15.4 Å². The van der Waals surface area contributed by atoms with Gasteiger partial charge in [0.05, 0.1) is 18.0 Å². The molecule has 0 fully saturated rings. The Balaban J connectivity index is 3.48. The van der Waals surface area contributed by atoms with Crippen molar-refractivity contribution in [2.24, 2.45) is 0 Å². The molecule has 0 aliphatic heterocycles. The Kier molecular flexibility index (Phi) is 6.03. The standard InChI is InChI=1S/C13H22N2O4S2/c1-5-8-15(4)12-11(21(17,18)7-3)9(14)10(20-12)13(16)19-6-2/h5-8,14H2,1-4H3. The molecule has 0 aliphatic carbocycles. The van der Waals surface area contributed by atoms with Gasteiger partial charge >= 0.3 is 5.97 Å². The minimum Gasteiger partial charge on any atom is -0.462 e. The van der Waals surface area contributed by atoms with Crippen molar-refractivity contribution >= 4 is 37.8 Å². The van der Waals surface area contributed by atoms with Gasteiger partial charge in [0.2, 0.25) is 0 Å². The molecule has 1 aromatic heterocycles. The molecule has 2 N–H and O–H groups in total. The van der Waals surface area contributed by atoms with Gasteiger partial charge in [-0.15, -0.1) is 11.3 Å². The molecule has 120 valence electrons. The highest BCUT2D eigenvalue weighted by Crippen LogP contribution is 2.42. The van der Waals surface area contributed by atoms with Crippen LogP contribution in [0.25, 0.3) is 0 Å². The third-order valence-corrected chi connectivity index (χ3v) is 6.16. The van der Waals surface area contributed by atoms with Gasteiger partial charge in [-0.1, -0.05) is 13.8 Å². The van der Waals surface area contributed by atoms with Gasteiger partial charge in [-0.05, 0) is 13.3 Å². The first-order valence-electron chi connectivity index (χ1n) is 6.83. The zero-order chi connectivity index (χ0) is 16.2. The van der Waals surface area contributed by atoms with E-state index in [0.717, 1.165) is 17.8 Å². The van der Waals surface area contributed by atoms with E-state index in [2.05, 4.69) is 0 Å². The van der Waals surface area contributed by atoms with Crippen LogP contribution in [0.4, 0.5) is 10.7 Å². The van der Waals surface area contributed by atoms with Gasteiger partial charge in [0, 0.05) is 13.6 Å². The molecule has 0 radical (unpaired) electrons. The SMILES string of the molecule is CCCN(C)c1sc(C(=O)OCC)c(N)c1S(=O)(=O)CC. The van der Waals surface area contributed by atoms with Crippen molar-refractivity contribution in [1.29, 1.82) is 0 Å². The summed E-state index contributed by atoms with van der Waals surface area (Å²) in [5, 5.41) is 0.499. The molecule has 1 rings (SSSR count). The van der Waals surface area contributed by atoms with Crippen molar-refractivity contribution in [1.82, 2.24) is 0 Å². The second kappa shape index (κ2) is 7.13. The number of esters is 1. The van der Waals surface area contributed by atoms with Gasteiger partial charge in [-0.25, -0.2) is 13.2 Å². The Morgan fingerprint density at radius 3 is 2.43 bits per heavy atom. The highest BCUT2D eigenvalue weighted by Gasteiger charge is 2.30. The monoisotopic (exact) mass is 334 g/mol. The number of nitrogens with zero attached hydrogens (tertiary/aromatic N) is 1. The molecular formula is C13H22N2O4S2. The van der Waals surface area contributed by atoms with E-state index in [4.69, 9.17) is 10.5 Å². The molecule has 0 saturated carbocycles. The second-order valence-corrected chi connectivity index (χ2v) is 7.74. The van der Waals surface area contributed by atoms with Gasteiger partial charge in [0.1, 0.15) is 14.8 Å². The summed E-state index contributed by atoms with van der Waals surface area (Å²) < 4.78 is 29.5. The lowest BCUT2D eigenvalue weighted by atomic mass is 10.3. The van der Waals surface area contributed by atoms with Crippen molar-refractivity contribution in [3.63, 3.8) is 0 Å². The van der Waals surface area contributed by atoms with Crippen LogP contribution in [-0.2, 0) is 14.6 Å². The van der Waals surface area contributed by atoms with Gasteiger partial charge in [0.25, 0.3) is 0 Å². The van der Waals surface area contributed by atoms with Crippen LogP contribution in [0.2, 0.25) is 0 Å². The van der Waals surface area contributed by atoms with Crippen molar-refractivity contribution in [2.75, 3.05) is 36.6 Å². The molecular weight excluding hydrogens is 312 g/mol. The zero-order valence-corrected chi connectivity index (χ0v) is 14.4. The number of carbonyl (C=O) groups excluding carboxylic acids is 1. The Morgan fingerprint density at radius 1 is 1.33 bits per heavy atom. The number of sulfone groups is 1. The summed E-state index contributed by atoms with van der Waals surface area (Å²) in [5.41, 5.74) is 5.93. The summed E-state index contributed by atoms with van der Waals surface area (Å²) in [6.07, 6.45) is 0.856. The molecule has 0 spiro atoms. The lowest BCUT2D eigenvalue weighted by molar-refractivity contribution is 0.0533. The van der Waals surface area contributed by atoms with E-state index in [-0.39, 0.29) is 27.8 Å². The number of ether oxygens (including phenoxy) is 1. The number of hydrogen-bond acceptors (Lipinski definition) is 7. The van der Waals surface area contributed by atoms with Crippen LogP contribution in [0.3, 0.4) is 0 Å². The first kappa shape index (κ1) is 17.8. The Labute approximate surface area is 129 Å². The summed E-state index contributed by atoms with van der Waals surface area (Å²) in [6, 6.07) is 0. The molecule has 0 amide bonds. The van der Waals surface area contributed by atoms with Crippen LogP contribution in [-0.4, -0.2) is 40.3 Å². The number of carbonyl (C=O) groups is 1. The van der Waals surface area contributed by atoms with E-state index < -0.39 is 15.8 Å². The largest absolute Gasteiger partial charge is 0.462 e. The van der Waals surface area contributed by atoms with Crippen molar-refractivity contribution in [3.8, 4) is 0 Å². The molecule has 0 bridgehead atoms. The van der Waals surface area contributed by atoms with Crippen molar-refractivity contribution < 1.29 is 17.9 Å².